The standard InChI is InChI=1S/C9H16N2S/c1-4-8-11-7(5-6(2)3)9(10)12-8/h6H,4-5,10H2,1-3H3. The molecule has 68 valence electrons. The summed E-state index contributed by atoms with van der Waals surface area (Å²) in [5.41, 5.74) is 6.91. The molecule has 0 unspecified atom stereocenters. The van der Waals surface area contributed by atoms with Gasteiger partial charge in [-0.3, -0.25) is 0 Å². The molecule has 0 aliphatic heterocycles. The van der Waals surface area contributed by atoms with Crippen LogP contribution in [0.25, 0.3) is 0 Å². The van der Waals surface area contributed by atoms with Crippen LogP contribution in [-0.2, 0) is 12.8 Å². The minimum absolute atomic E-state index is 0.638. The average molecular weight is 184 g/mol. The summed E-state index contributed by atoms with van der Waals surface area (Å²) in [6.45, 7) is 6.48. The Labute approximate surface area is 77.8 Å². The molecule has 1 aromatic rings. The quantitative estimate of drug-likeness (QED) is 0.783. The van der Waals surface area contributed by atoms with E-state index in [0.717, 1.165) is 28.5 Å². The molecular formula is C9H16N2S. The zero-order valence-electron chi connectivity index (χ0n) is 7.92. The van der Waals surface area contributed by atoms with Gasteiger partial charge in [-0.25, -0.2) is 4.98 Å². The van der Waals surface area contributed by atoms with Crippen LogP contribution in [0.1, 0.15) is 31.5 Å². The van der Waals surface area contributed by atoms with Gasteiger partial charge in [0.2, 0.25) is 0 Å². The third-order valence-electron chi connectivity index (χ3n) is 1.68. The van der Waals surface area contributed by atoms with Gasteiger partial charge in [-0.2, -0.15) is 0 Å². The lowest BCUT2D eigenvalue weighted by atomic mass is 10.1. The fourth-order valence-corrected chi connectivity index (χ4v) is 1.90. The maximum atomic E-state index is 5.82. The summed E-state index contributed by atoms with van der Waals surface area (Å²) >= 11 is 1.62. The molecule has 0 radical (unpaired) electrons. The summed E-state index contributed by atoms with van der Waals surface area (Å²) < 4.78 is 0. The fraction of sp³-hybridized carbons (Fsp3) is 0.667. The molecule has 2 N–H and O–H groups in total. The number of aryl methyl sites for hydroxylation is 1. The molecule has 0 aliphatic carbocycles. The van der Waals surface area contributed by atoms with E-state index in [9.17, 15) is 0 Å². The molecule has 1 heterocycles. The highest BCUT2D eigenvalue weighted by molar-refractivity contribution is 7.15. The second-order valence-electron chi connectivity index (χ2n) is 3.37. The van der Waals surface area contributed by atoms with E-state index in [2.05, 4.69) is 25.8 Å². The molecule has 12 heavy (non-hydrogen) atoms. The van der Waals surface area contributed by atoms with Gasteiger partial charge in [0.05, 0.1) is 10.7 Å². The third kappa shape index (κ3) is 2.21. The van der Waals surface area contributed by atoms with Crippen LogP contribution in [0.2, 0.25) is 0 Å². The average Bonchev–Trinajstić information content (AvgIpc) is 2.31. The molecule has 0 spiro atoms. The summed E-state index contributed by atoms with van der Waals surface area (Å²) in [5.74, 6) is 0.638. The monoisotopic (exact) mass is 184 g/mol. The van der Waals surface area contributed by atoms with Crippen molar-refractivity contribution < 1.29 is 0 Å². The van der Waals surface area contributed by atoms with Crippen LogP contribution in [0.15, 0.2) is 0 Å². The fourth-order valence-electron chi connectivity index (χ4n) is 1.10. The predicted molar refractivity (Wildman–Crippen MR) is 54.4 cm³/mol. The maximum absolute atomic E-state index is 5.82. The minimum atomic E-state index is 0.638. The van der Waals surface area contributed by atoms with Crippen molar-refractivity contribution in [2.24, 2.45) is 5.92 Å². The van der Waals surface area contributed by atoms with E-state index >= 15 is 0 Å². The Morgan fingerprint density at radius 3 is 2.58 bits per heavy atom. The van der Waals surface area contributed by atoms with Crippen molar-refractivity contribution in [2.45, 2.75) is 33.6 Å². The Hall–Kier alpha value is -0.570. The van der Waals surface area contributed by atoms with Crippen molar-refractivity contribution in [3.63, 3.8) is 0 Å². The Bertz CT molecular complexity index is 253. The Morgan fingerprint density at radius 2 is 2.17 bits per heavy atom. The minimum Gasteiger partial charge on any atom is -0.389 e. The zero-order chi connectivity index (χ0) is 9.14. The molecule has 0 aromatic carbocycles. The van der Waals surface area contributed by atoms with Crippen LogP contribution in [0.5, 0.6) is 0 Å². The first-order valence-corrected chi connectivity index (χ1v) is 5.19. The molecule has 0 saturated heterocycles. The van der Waals surface area contributed by atoms with Crippen LogP contribution in [0, 0.1) is 5.92 Å². The smallest absolute Gasteiger partial charge is 0.109 e. The van der Waals surface area contributed by atoms with Crippen LogP contribution >= 0.6 is 11.3 Å². The Balaban J connectivity index is 2.77. The first-order chi connectivity index (χ1) is 5.63. The van der Waals surface area contributed by atoms with Crippen LogP contribution in [0.3, 0.4) is 0 Å². The third-order valence-corrected chi connectivity index (χ3v) is 2.75. The molecule has 0 atom stereocenters. The van der Waals surface area contributed by atoms with Gasteiger partial charge in [0.15, 0.2) is 0 Å². The molecule has 3 heteroatoms. The van der Waals surface area contributed by atoms with E-state index < -0.39 is 0 Å². The number of nitrogens with zero attached hydrogens (tertiary/aromatic N) is 1. The summed E-state index contributed by atoms with van der Waals surface area (Å²) in [6, 6.07) is 0. The molecular weight excluding hydrogens is 168 g/mol. The van der Waals surface area contributed by atoms with E-state index in [1.165, 1.54) is 0 Å². The van der Waals surface area contributed by atoms with Crippen molar-refractivity contribution in [3.05, 3.63) is 10.7 Å². The molecule has 0 aliphatic rings. The van der Waals surface area contributed by atoms with Gasteiger partial charge in [0.1, 0.15) is 5.00 Å². The predicted octanol–water partition coefficient (Wildman–Crippen LogP) is 2.49. The first kappa shape index (κ1) is 9.52. The van der Waals surface area contributed by atoms with Gasteiger partial charge in [-0.1, -0.05) is 20.8 Å². The van der Waals surface area contributed by atoms with Crippen molar-refractivity contribution in [2.75, 3.05) is 5.73 Å². The number of hydrogen-bond acceptors (Lipinski definition) is 3. The molecule has 2 nitrogen and oxygen atoms in total. The van der Waals surface area contributed by atoms with Crippen molar-refractivity contribution in [1.82, 2.24) is 4.98 Å². The number of thiazole rings is 1. The molecule has 1 rings (SSSR count). The summed E-state index contributed by atoms with van der Waals surface area (Å²) in [5, 5.41) is 2.06. The second kappa shape index (κ2) is 3.90. The van der Waals surface area contributed by atoms with Crippen LogP contribution in [0.4, 0.5) is 5.00 Å². The lowest BCUT2D eigenvalue weighted by molar-refractivity contribution is 0.637. The maximum Gasteiger partial charge on any atom is 0.109 e. The highest BCUT2D eigenvalue weighted by atomic mass is 32.1. The number of hydrogen-bond donors (Lipinski definition) is 1. The lowest BCUT2D eigenvalue weighted by Crippen LogP contribution is -1.97. The van der Waals surface area contributed by atoms with Crippen LogP contribution in [-0.4, -0.2) is 4.98 Å². The van der Waals surface area contributed by atoms with Gasteiger partial charge in [-0.05, 0) is 18.8 Å². The normalized spacial score (nSPS) is 11.0. The zero-order valence-corrected chi connectivity index (χ0v) is 8.74. The molecule has 0 fully saturated rings. The number of nitrogens with two attached hydrogens (primary N) is 1. The van der Waals surface area contributed by atoms with E-state index in [1.807, 2.05) is 0 Å². The van der Waals surface area contributed by atoms with E-state index in [0.29, 0.717) is 5.92 Å². The SMILES string of the molecule is CCc1nc(CC(C)C)c(N)s1. The van der Waals surface area contributed by atoms with Crippen LogP contribution < -0.4 is 5.73 Å². The van der Waals surface area contributed by atoms with E-state index in [4.69, 9.17) is 5.73 Å². The Morgan fingerprint density at radius 1 is 1.50 bits per heavy atom. The number of aromatic nitrogens is 1. The molecule has 0 saturated carbocycles. The van der Waals surface area contributed by atoms with Crippen molar-refractivity contribution in [1.29, 1.82) is 0 Å². The van der Waals surface area contributed by atoms with Gasteiger partial charge in [0, 0.05) is 0 Å². The summed E-state index contributed by atoms with van der Waals surface area (Å²) in [6.07, 6.45) is 2.00. The topological polar surface area (TPSA) is 38.9 Å². The second-order valence-corrected chi connectivity index (χ2v) is 4.49. The van der Waals surface area contributed by atoms with E-state index in [-0.39, 0.29) is 0 Å². The first-order valence-electron chi connectivity index (χ1n) is 4.37. The van der Waals surface area contributed by atoms with Gasteiger partial charge in [-0.15, -0.1) is 11.3 Å². The Kier molecular flexibility index (Phi) is 3.09. The highest BCUT2D eigenvalue weighted by Gasteiger charge is 2.08. The molecule has 0 bridgehead atoms. The molecule has 1 aromatic heterocycles. The largest absolute Gasteiger partial charge is 0.389 e. The van der Waals surface area contributed by atoms with Crippen molar-refractivity contribution in [3.8, 4) is 0 Å². The molecule has 0 amide bonds. The number of anilines is 1. The number of rotatable bonds is 3. The van der Waals surface area contributed by atoms with Gasteiger partial charge in [0.25, 0.3) is 0 Å². The summed E-state index contributed by atoms with van der Waals surface area (Å²) in [4.78, 5) is 4.46. The van der Waals surface area contributed by atoms with Gasteiger partial charge < -0.3 is 5.73 Å². The lowest BCUT2D eigenvalue weighted by Gasteiger charge is -2.00. The summed E-state index contributed by atoms with van der Waals surface area (Å²) in [7, 11) is 0. The number of nitrogen functional groups attached to an aromatic ring is 1. The van der Waals surface area contributed by atoms with E-state index in [1.54, 1.807) is 11.3 Å². The van der Waals surface area contributed by atoms with Gasteiger partial charge >= 0.3 is 0 Å². The van der Waals surface area contributed by atoms with Crippen molar-refractivity contribution >= 4 is 16.3 Å². The highest BCUT2D eigenvalue weighted by Crippen LogP contribution is 2.23.